The zero-order valence-corrected chi connectivity index (χ0v) is 20.2. The van der Waals surface area contributed by atoms with Crippen LogP contribution in [0.4, 0.5) is 0 Å². The molecule has 0 unspecified atom stereocenters. The number of unbranched alkanes of at least 4 members (excludes halogenated alkanes) is 7. The van der Waals surface area contributed by atoms with E-state index in [1.54, 1.807) is 12.1 Å². The van der Waals surface area contributed by atoms with Crippen LogP contribution in [0.25, 0.3) is 0 Å². The Labute approximate surface area is 196 Å². The van der Waals surface area contributed by atoms with Gasteiger partial charge in [-0.1, -0.05) is 64.0 Å². The normalized spacial score (nSPS) is 11.1. The molecule has 0 aliphatic rings. The van der Waals surface area contributed by atoms with Crippen LogP contribution in [-0.4, -0.2) is 13.0 Å². The van der Waals surface area contributed by atoms with Crippen LogP contribution in [0.1, 0.15) is 63.9 Å². The molecule has 1 N–H and O–H groups in total. The van der Waals surface area contributed by atoms with Gasteiger partial charge in [-0.25, -0.2) is 0 Å². The summed E-state index contributed by atoms with van der Waals surface area (Å²) in [5.74, 6) is 0.478. The number of benzene rings is 2. The molecule has 2 aromatic carbocycles. The minimum atomic E-state index is -4.30. The van der Waals surface area contributed by atoms with Gasteiger partial charge >= 0.3 is 29.6 Å². The second-order valence-electron chi connectivity index (χ2n) is 7.09. The fraction of sp³-hybridized carbons (Fsp3) is 0.455. The van der Waals surface area contributed by atoms with Crippen molar-refractivity contribution in [1.29, 1.82) is 0 Å². The van der Waals surface area contributed by atoms with Crippen LogP contribution in [0.5, 0.6) is 17.2 Å². The molecule has 0 atom stereocenters. The summed E-state index contributed by atoms with van der Waals surface area (Å²) < 4.78 is 37.3. The molecule has 2 aromatic rings. The van der Waals surface area contributed by atoms with Crippen molar-refractivity contribution in [3.63, 3.8) is 0 Å². The average Bonchev–Trinajstić information content (AvgIpc) is 2.63. The van der Waals surface area contributed by atoms with E-state index in [2.05, 4.69) is 6.92 Å². The molecule has 2 rings (SSSR count). The van der Waals surface area contributed by atoms with Crippen LogP contribution in [0.2, 0.25) is 0 Å². The summed E-state index contributed by atoms with van der Waals surface area (Å²) in [6.45, 7) is 2.22. The van der Waals surface area contributed by atoms with Gasteiger partial charge in [0.05, 0.1) is 4.90 Å². The van der Waals surface area contributed by atoms with Crippen LogP contribution in [-0.2, 0) is 16.5 Å². The van der Waals surface area contributed by atoms with E-state index in [9.17, 15) is 13.5 Å². The van der Waals surface area contributed by atoms with Crippen LogP contribution in [0.15, 0.2) is 47.4 Å². The van der Waals surface area contributed by atoms with Gasteiger partial charge in [0.15, 0.2) is 0 Å². The third-order valence-electron chi connectivity index (χ3n) is 4.60. The minimum Gasteiger partial charge on any atom is -0.872 e. The monoisotopic (exact) mass is 428 g/mol. The third-order valence-corrected chi connectivity index (χ3v) is 5.45. The first-order valence-electron chi connectivity index (χ1n) is 9.95. The Bertz CT molecular complexity index is 852. The standard InChI is InChI=1S/C22H30O5S.Na/c1-2-3-4-5-6-7-8-9-11-18-14-19(23)16-21(15-18)27-20-12-10-13-22(17-20)28(24,25)26;/h10,12-17,23H,2-9,11H2,1H3,(H,24,25,26);/q;+1/p-1. The maximum Gasteiger partial charge on any atom is 1.00 e. The van der Waals surface area contributed by atoms with Gasteiger partial charge in [-0.3, -0.25) is 4.55 Å². The molecule has 0 fully saturated rings. The number of hydrogen-bond acceptors (Lipinski definition) is 4. The molecular formula is C22H29NaO5S. The summed E-state index contributed by atoms with van der Waals surface area (Å²) in [5.41, 5.74) is 0.916. The molecule has 5 nitrogen and oxygen atoms in total. The van der Waals surface area contributed by atoms with Gasteiger partial charge in [0.25, 0.3) is 10.1 Å². The Morgan fingerprint density at radius 1 is 0.897 bits per heavy atom. The summed E-state index contributed by atoms with van der Waals surface area (Å²) in [7, 11) is -4.30. The van der Waals surface area contributed by atoms with Crippen molar-refractivity contribution in [3.8, 4) is 17.2 Å². The molecular weight excluding hydrogens is 399 g/mol. The molecule has 0 saturated carbocycles. The van der Waals surface area contributed by atoms with Crippen LogP contribution < -0.4 is 39.4 Å². The fourth-order valence-electron chi connectivity index (χ4n) is 3.13. The second-order valence-corrected chi connectivity index (χ2v) is 8.51. The van der Waals surface area contributed by atoms with E-state index in [-0.39, 0.29) is 46.0 Å². The molecule has 7 heteroatoms. The molecule has 0 aliphatic heterocycles. The maximum absolute atomic E-state index is 11.9. The van der Waals surface area contributed by atoms with E-state index in [4.69, 9.17) is 9.29 Å². The smallest absolute Gasteiger partial charge is 0.872 e. The van der Waals surface area contributed by atoms with Crippen molar-refractivity contribution in [1.82, 2.24) is 0 Å². The van der Waals surface area contributed by atoms with Gasteiger partial charge in [0.1, 0.15) is 11.5 Å². The summed E-state index contributed by atoms with van der Waals surface area (Å²) >= 11 is 0. The molecule has 0 heterocycles. The first kappa shape index (κ1) is 26.0. The molecule has 0 aliphatic carbocycles. The zero-order valence-electron chi connectivity index (χ0n) is 17.4. The Morgan fingerprint density at radius 3 is 2.21 bits per heavy atom. The number of rotatable bonds is 12. The van der Waals surface area contributed by atoms with E-state index in [1.165, 1.54) is 62.8 Å². The first-order valence-corrected chi connectivity index (χ1v) is 11.4. The van der Waals surface area contributed by atoms with Crippen LogP contribution >= 0.6 is 0 Å². The van der Waals surface area contributed by atoms with Gasteiger partial charge in [0.2, 0.25) is 0 Å². The van der Waals surface area contributed by atoms with Crippen molar-refractivity contribution in [2.24, 2.45) is 0 Å². The molecule has 0 saturated heterocycles. The van der Waals surface area contributed by atoms with Crippen LogP contribution in [0.3, 0.4) is 0 Å². The summed E-state index contributed by atoms with van der Waals surface area (Å²) in [5, 5.41) is 11.9. The molecule has 29 heavy (non-hydrogen) atoms. The summed E-state index contributed by atoms with van der Waals surface area (Å²) in [4.78, 5) is -0.248. The Kier molecular flexibility index (Phi) is 11.9. The van der Waals surface area contributed by atoms with Gasteiger partial charge in [-0.15, -0.1) is 5.75 Å². The Morgan fingerprint density at radius 2 is 1.55 bits per heavy atom. The molecule has 0 spiro atoms. The predicted octanol–water partition coefficient (Wildman–Crippen LogP) is 2.49. The molecule has 0 aromatic heterocycles. The van der Waals surface area contributed by atoms with E-state index < -0.39 is 10.1 Å². The fourth-order valence-corrected chi connectivity index (χ4v) is 3.65. The van der Waals surface area contributed by atoms with Crippen molar-refractivity contribution in [3.05, 3.63) is 48.0 Å². The number of aryl methyl sites for hydroxylation is 1. The largest absolute Gasteiger partial charge is 1.00 e. The predicted molar refractivity (Wildman–Crippen MR) is 109 cm³/mol. The summed E-state index contributed by atoms with van der Waals surface area (Å²) in [6, 6.07) is 10.3. The quantitative estimate of drug-likeness (QED) is 0.319. The average molecular weight is 429 g/mol. The number of ether oxygens (including phenoxy) is 1. The first-order chi connectivity index (χ1) is 13.4. The topological polar surface area (TPSA) is 86.7 Å². The van der Waals surface area contributed by atoms with Crippen molar-refractivity contribution in [2.45, 2.75) is 69.6 Å². The SMILES string of the molecule is CCCCCCCCCCc1cc([O-])cc(Oc2cccc(S(=O)(=O)O)c2)c1.[Na+]. The molecule has 0 amide bonds. The Hall–Kier alpha value is -1.05. The van der Waals surface area contributed by atoms with Crippen LogP contribution in [0, 0.1) is 0 Å². The molecule has 154 valence electrons. The Balaban J connectivity index is 0.00000420. The van der Waals surface area contributed by atoms with Gasteiger partial charge in [-0.2, -0.15) is 8.42 Å². The minimum absolute atomic E-state index is 0. The van der Waals surface area contributed by atoms with Gasteiger partial charge in [-0.05, 0) is 42.7 Å². The van der Waals surface area contributed by atoms with E-state index >= 15 is 0 Å². The van der Waals surface area contributed by atoms with Crippen molar-refractivity contribution in [2.75, 3.05) is 0 Å². The van der Waals surface area contributed by atoms with Crippen molar-refractivity contribution < 1.29 is 52.4 Å². The molecule has 0 bridgehead atoms. The van der Waals surface area contributed by atoms with E-state index in [0.29, 0.717) is 5.75 Å². The van der Waals surface area contributed by atoms with Gasteiger partial charge in [0, 0.05) is 6.07 Å². The van der Waals surface area contributed by atoms with E-state index in [1.807, 2.05) is 6.07 Å². The maximum atomic E-state index is 11.9. The van der Waals surface area contributed by atoms with Crippen molar-refractivity contribution >= 4 is 10.1 Å². The van der Waals surface area contributed by atoms with Gasteiger partial charge < -0.3 is 9.84 Å². The third kappa shape index (κ3) is 10.0. The van der Waals surface area contributed by atoms with E-state index in [0.717, 1.165) is 24.8 Å². The number of hydrogen-bond donors (Lipinski definition) is 1. The summed E-state index contributed by atoms with van der Waals surface area (Å²) in [6.07, 6.45) is 10.6. The zero-order chi connectivity index (χ0) is 20.4. The molecule has 0 radical (unpaired) electrons. The second kappa shape index (κ2) is 13.3.